The molecule has 208 valence electrons. The Balaban J connectivity index is 0.000000218. The summed E-state index contributed by atoms with van der Waals surface area (Å²) in [7, 11) is 1.64. The Morgan fingerprint density at radius 3 is 2.56 bits per heavy atom. The predicted octanol–water partition coefficient (Wildman–Crippen LogP) is 1.84. The number of para-hydroxylation sites is 2. The molecule has 2 aliphatic heterocycles. The van der Waals surface area contributed by atoms with E-state index in [0.29, 0.717) is 18.0 Å². The first-order valence-corrected chi connectivity index (χ1v) is 12.1. The fourth-order valence-corrected chi connectivity index (χ4v) is 3.74. The van der Waals surface area contributed by atoms with Gasteiger partial charge in [0.15, 0.2) is 0 Å². The maximum atomic E-state index is 12.2. The summed E-state index contributed by atoms with van der Waals surface area (Å²) >= 11 is 0. The SMILES string of the molecule is C=CCOC(=O)N[C@H]1CC(=O)OC1OCc1ccccc1.CN[C@H]1COc2ccccc2N(CC(=O)O)C1=O. The van der Waals surface area contributed by atoms with Gasteiger partial charge in [-0.2, -0.15) is 0 Å². The molecule has 2 aromatic carbocycles. The summed E-state index contributed by atoms with van der Waals surface area (Å²) in [4.78, 5) is 47.1. The lowest BCUT2D eigenvalue weighted by atomic mass is 10.2. The number of carbonyl (C=O) groups is 4. The van der Waals surface area contributed by atoms with Crippen LogP contribution in [-0.2, 0) is 35.2 Å². The zero-order valence-electron chi connectivity index (χ0n) is 21.4. The van der Waals surface area contributed by atoms with Crippen molar-refractivity contribution in [3.05, 3.63) is 72.8 Å². The van der Waals surface area contributed by atoms with Gasteiger partial charge in [0, 0.05) is 0 Å². The number of esters is 1. The van der Waals surface area contributed by atoms with E-state index in [1.807, 2.05) is 30.3 Å². The van der Waals surface area contributed by atoms with Crippen molar-refractivity contribution in [3.8, 4) is 5.75 Å². The van der Waals surface area contributed by atoms with Crippen molar-refractivity contribution in [3.63, 3.8) is 0 Å². The number of anilines is 1. The normalized spacial score (nSPS) is 19.8. The van der Waals surface area contributed by atoms with Crippen molar-refractivity contribution in [2.45, 2.75) is 31.4 Å². The van der Waals surface area contributed by atoms with E-state index in [0.717, 1.165) is 5.56 Å². The Hall–Kier alpha value is -4.42. The van der Waals surface area contributed by atoms with Crippen molar-refractivity contribution >= 4 is 29.6 Å². The van der Waals surface area contributed by atoms with Crippen LogP contribution in [0.5, 0.6) is 5.75 Å². The molecule has 0 radical (unpaired) electrons. The number of ether oxygens (including phenoxy) is 4. The van der Waals surface area contributed by atoms with Gasteiger partial charge < -0.3 is 34.7 Å². The van der Waals surface area contributed by atoms with Gasteiger partial charge in [-0.3, -0.25) is 19.3 Å². The Kier molecular flexibility index (Phi) is 10.8. The van der Waals surface area contributed by atoms with Crippen LogP contribution in [0.2, 0.25) is 0 Å². The fraction of sp³-hybridized carbons (Fsp3) is 0.333. The molecule has 4 rings (SSSR count). The molecule has 2 aliphatic rings. The molecule has 0 saturated carbocycles. The molecule has 1 unspecified atom stereocenters. The minimum absolute atomic E-state index is 0.0582. The van der Waals surface area contributed by atoms with Crippen LogP contribution >= 0.6 is 0 Å². The van der Waals surface area contributed by atoms with Crippen LogP contribution in [0.3, 0.4) is 0 Å². The second kappa shape index (κ2) is 14.5. The quantitative estimate of drug-likeness (QED) is 0.317. The molecule has 12 heteroatoms. The molecule has 12 nitrogen and oxygen atoms in total. The molecule has 3 atom stereocenters. The van der Waals surface area contributed by atoms with E-state index in [1.165, 1.54) is 11.0 Å². The minimum Gasteiger partial charge on any atom is -0.489 e. The van der Waals surface area contributed by atoms with Crippen molar-refractivity contribution in [2.24, 2.45) is 0 Å². The lowest BCUT2D eigenvalue weighted by molar-refractivity contribution is -0.167. The third-order valence-corrected chi connectivity index (χ3v) is 5.62. The highest BCUT2D eigenvalue weighted by molar-refractivity contribution is 6.02. The summed E-state index contributed by atoms with van der Waals surface area (Å²) in [5.41, 5.74) is 1.44. The number of alkyl carbamates (subject to hydrolysis) is 1. The lowest BCUT2D eigenvalue weighted by Crippen LogP contribution is -2.48. The largest absolute Gasteiger partial charge is 0.489 e. The number of carboxylic acid groups (broad SMARTS) is 1. The van der Waals surface area contributed by atoms with E-state index in [9.17, 15) is 19.2 Å². The molecule has 2 heterocycles. The Morgan fingerprint density at radius 1 is 1.15 bits per heavy atom. The van der Waals surface area contributed by atoms with E-state index in [2.05, 4.69) is 17.2 Å². The molecule has 3 N–H and O–H groups in total. The third-order valence-electron chi connectivity index (χ3n) is 5.62. The molecule has 0 bridgehead atoms. The van der Waals surface area contributed by atoms with Crippen LogP contribution in [0.15, 0.2) is 67.3 Å². The Morgan fingerprint density at radius 2 is 1.87 bits per heavy atom. The summed E-state index contributed by atoms with van der Waals surface area (Å²) in [6.45, 7) is 3.64. The number of nitrogens with zero attached hydrogens (tertiary/aromatic N) is 1. The van der Waals surface area contributed by atoms with E-state index in [4.69, 9.17) is 24.1 Å². The van der Waals surface area contributed by atoms with Crippen molar-refractivity contribution in [2.75, 3.05) is 31.7 Å². The summed E-state index contributed by atoms with van der Waals surface area (Å²) in [6, 6.07) is 15.3. The molecule has 2 aromatic rings. The highest BCUT2D eigenvalue weighted by Gasteiger charge is 2.37. The number of aliphatic carboxylic acids is 1. The van der Waals surface area contributed by atoms with Gasteiger partial charge in [-0.25, -0.2) is 4.79 Å². The van der Waals surface area contributed by atoms with Gasteiger partial charge in [0.25, 0.3) is 0 Å². The molecule has 39 heavy (non-hydrogen) atoms. The van der Waals surface area contributed by atoms with Gasteiger partial charge in [-0.15, -0.1) is 0 Å². The molecule has 0 spiro atoms. The number of carboxylic acids is 1. The Bertz CT molecular complexity index is 1160. The third kappa shape index (κ3) is 8.55. The molecule has 2 amide bonds. The molecule has 0 aromatic heterocycles. The number of hydrogen-bond acceptors (Lipinski definition) is 9. The van der Waals surface area contributed by atoms with Gasteiger partial charge >= 0.3 is 18.0 Å². The first-order chi connectivity index (χ1) is 18.8. The smallest absolute Gasteiger partial charge is 0.407 e. The van der Waals surface area contributed by atoms with Crippen LogP contribution < -0.4 is 20.3 Å². The zero-order chi connectivity index (χ0) is 28.2. The number of rotatable bonds is 9. The van der Waals surface area contributed by atoms with E-state index >= 15 is 0 Å². The van der Waals surface area contributed by atoms with E-state index in [-0.39, 0.29) is 32.1 Å². The zero-order valence-corrected chi connectivity index (χ0v) is 21.4. The standard InChI is InChI=1S/C15H17NO5.C12H14N2O4/c1-2-8-19-15(18)16-12-9-13(17)21-14(12)20-10-11-6-4-3-5-7-11;1-13-8-7-18-10-5-3-2-4-9(10)14(12(8)17)6-11(15)16/h2-7,12,14H,1,8-10H2,(H,16,18);2-5,8,13H,6-7H2,1H3,(H,15,16)/t12-,14?;8-/m00/s1. The van der Waals surface area contributed by atoms with Crippen LogP contribution in [0.4, 0.5) is 10.5 Å². The second-order valence-electron chi connectivity index (χ2n) is 8.44. The van der Waals surface area contributed by atoms with Gasteiger partial charge in [-0.1, -0.05) is 55.1 Å². The molecular formula is C27H31N3O9. The lowest BCUT2D eigenvalue weighted by Gasteiger charge is -2.22. The van der Waals surface area contributed by atoms with Gasteiger partial charge in [0.1, 0.15) is 37.6 Å². The predicted molar refractivity (Wildman–Crippen MR) is 139 cm³/mol. The van der Waals surface area contributed by atoms with E-state index < -0.39 is 36.4 Å². The molecular weight excluding hydrogens is 510 g/mol. The van der Waals surface area contributed by atoms with Crippen molar-refractivity contribution in [1.82, 2.24) is 10.6 Å². The van der Waals surface area contributed by atoms with Crippen LogP contribution in [-0.4, -0.2) is 74.2 Å². The number of benzene rings is 2. The summed E-state index contributed by atoms with van der Waals surface area (Å²) in [5.74, 6) is -1.26. The van der Waals surface area contributed by atoms with Gasteiger partial charge in [0.2, 0.25) is 12.2 Å². The number of likely N-dealkylation sites (N-methyl/N-ethyl adjacent to an activating group) is 1. The highest BCUT2D eigenvalue weighted by Crippen LogP contribution is 2.30. The second-order valence-corrected chi connectivity index (χ2v) is 8.44. The molecule has 1 fully saturated rings. The number of amides is 2. The van der Waals surface area contributed by atoms with Crippen LogP contribution in [0.25, 0.3) is 0 Å². The number of hydrogen-bond donors (Lipinski definition) is 3. The summed E-state index contributed by atoms with van der Waals surface area (Å²) in [5, 5.41) is 14.3. The summed E-state index contributed by atoms with van der Waals surface area (Å²) in [6.07, 6.45) is 0.0718. The molecule has 1 saturated heterocycles. The molecule has 0 aliphatic carbocycles. The number of carbonyl (C=O) groups excluding carboxylic acids is 3. The van der Waals surface area contributed by atoms with Crippen molar-refractivity contribution < 1.29 is 43.2 Å². The first kappa shape index (κ1) is 29.1. The Labute approximate surface area is 225 Å². The van der Waals surface area contributed by atoms with E-state index in [1.54, 1.807) is 31.3 Å². The average molecular weight is 542 g/mol. The van der Waals surface area contributed by atoms with Crippen LogP contribution in [0.1, 0.15) is 12.0 Å². The highest BCUT2D eigenvalue weighted by atomic mass is 16.7. The minimum atomic E-state index is -1.06. The van der Waals surface area contributed by atoms with Crippen LogP contribution in [0, 0.1) is 0 Å². The number of cyclic esters (lactones) is 1. The maximum Gasteiger partial charge on any atom is 0.407 e. The number of nitrogens with one attached hydrogen (secondary N) is 2. The first-order valence-electron chi connectivity index (χ1n) is 12.1. The van der Waals surface area contributed by atoms with Gasteiger partial charge in [0.05, 0.1) is 18.7 Å². The van der Waals surface area contributed by atoms with Crippen molar-refractivity contribution in [1.29, 1.82) is 0 Å². The topological polar surface area (TPSA) is 153 Å². The monoisotopic (exact) mass is 541 g/mol. The summed E-state index contributed by atoms with van der Waals surface area (Å²) < 4.78 is 20.9. The van der Waals surface area contributed by atoms with Gasteiger partial charge in [-0.05, 0) is 24.7 Å². The fourth-order valence-electron chi connectivity index (χ4n) is 3.74. The maximum absolute atomic E-state index is 12.2. The average Bonchev–Trinajstić information content (AvgIpc) is 3.22. The number of fused-ring (bicyclic) bond motifs is 1.